The molecule has 2 heteroatoms. The second-order valence-corrected chi connectivity index (χ2v) is 3.77. The van der Waals surface area contributed by atoms with Gasteiger partial charge < -0.3 is 5.32 Å². The standard InChI is InChI=1S/C10H13NO/c1-2-5-11-10(12)9-6-8(9)7-3-4-7/h1,7-9H,3-6H2,(H,11,12). The van der Waals surface area contributed by atoms with Gasteiger partial charge >= 0.3 is 0 Å². The van der Waals surface area contributed by atoms with Gasteiger partial charge in [-0.15, -0.1) is 6.42 Å². The Kier molecular flexibility index (Phi) is 1.80. The van der Waals surface area contributed by atoms with Crippen molar-refractivity contribution in [3.05, 3.63) is 0 Å². The molecule has 2 saturated carbocycles. The number of hydrogen-bond acceptors (Lipinski definition) is 1. The van der Waals surface area contributed by atoms with Crippen LogP contribution in [0.15, 0.2) is 0 Å². The van der Waals surface area contributed by atoms with Gasteiger partial charge in [-0.3, -0.25) is 4.79 Å². The number of rotatable bonds is 3. The minimum Gasteiger partial charge on any atom is -0.345 e. The molecule has 0 aliphatic heterocycles. The molecule has 2 fully saturated rings. The van der Waals surface area contributed by atoms with Crippen LogP contribution in [0.5, 0.6) is 0 Å². The Morgan fingerprint density at radius 3 is 2.92 bits per heavy atom. The van der Waals surface area contributed by atoms with Gasteiger partial charge in [0.05, 0.1) is 6.54 Å². The number of carbonyl (C=O) groups excluding carboxylic acids is 1. The fourth-order valence-electron chi connectivity index (χ4n) is 1.83. The van der Waals surface area contributed by atoms with Crippen molar-refractivity contribution in [2.45, 2.75) is 19.3 Å². The van der Waals surface area contributed by atoms with Gasteiger partial charge in [-0.2, -0.15) is 0 Å². The minimum atomic E-state index is 0.171. The Morgan fingerprint density at radius 2 is 2.33 bits per heavy atom. The summed E-state index contributed by atoms with van der Waals surface area (Å²) in [5.74, 6) is 4.44. The molecule has 0 radical (unpaired) electrons. The maximum absolute atomic E-state index is 11.3. The first kappa shape index (κ1) is 7.67. The predicted molar refractivity (Wildman–Crippen MR) is 46.2 cm³/mol. The highest BCUT2D eigenvalue weighted by Gasteiger charge is 2.50. The zero-order chi connectivity index (χ0) is 8.55. The highest BCUT2D eigenvalue weighted by molar-refractivity contribution is 5.81. The van der Waals surface area contributed by atoms with Crippen molar-refractivity contribution in [2.75, 3.05) is 6.54 Å². The van der Waals surface area contributed by atoms with Gasteiger partial charge in [0.2, 0.25) is 5.91 Å². The van der Waals surface area contributed by atoms with Gasteiger partial charge in [0, 0.05) is 5.92 Å². The third-order valence-electron chi connectivity index (χ3n) is 2.77. The average molecular weight is 163 g/mol. The molecule has 0 aromatic heterocycles. The summed E-state index contributed by atoms with van der Waals surface area (Å²) in [6, 6.07) is 0. The SMILES string of the molecule is C#CCNC(=O)C1CC1C1CC1. The third kappa shape index (κ3) is 1.45. The number of carbonyl (C=O) groups is 1. The van der Waals surface area contributed by atoms with Crippen LogP contribution in [0, 0.1) is 30.1 Å². The molecule has 0 aromatic carbocycles. The molecule has 1 N–H and O–H groups in total. The first-order chi connectivity index (χ1) is 5.83. The molecule has 2 rings (SSSR count). The van der Waals surface area contributed by atoms with Crippen molar-refractivity contribution in [3.63, 3.8) is 0 Å². The molecule has 2 unspecified atom stereocenters. The van der Waals surface area contributed by atoms with Crippen molar-refractivity contribution >= 4 is 5.91 Å². The fourth-order valence-corrected chi connectivity index (χ4v) is 1.83. The summed E-state index contributed by atoms with van der Waals surface area (Å²) in [6.07, 6.45) is 8.81. The lowest BCUT2D eigenvalue weighted by atomic mass is 10.2. The molecule has 12 heavy (non-hydrogen) atoms. The van der Waals surface area contributed by atoms with Crippen LogP contribution in [0.2, 0.25) is 0 Å². The van der Waals surface area contributed by atoms with Crippen LogP contribution in [0.3, 0.4) is 0 Å². The number of terminal acetylenes is 1. The second-order valence-electron chi connectivity index (χ2n) is 3.77. The summed E-state index contributed by atoms with van der Waals surface area (Å²) in [6.45, 7) is 0.382. The van der Waals surface area contributed by atoms with E-state index in [4.69, 9.17) is 6.42 Å². The topological polar surface area (TPSA) is 29.1 Å². The second kappa shape index (κ2) is 2.82. The van der Waals surface area contributed by atoms with E-state index in [1.54, 1.807) is 0 Å². The van der Waals surface area contributed by atoms with Crippen LogP contribution in [0.25, 0.3) is 0 Å². The Balaban J connectivity index is 1.72. The van der Waals surface area contributed by atoms with Crippen molar-refractivity contribution in [2.24, 2.45) is 17.8 Å². The van der Waals surface area contributed by atoms with Gasteiger partial charge in [0.1, 0.15) is 0 Å². The van der Waals surface area contributed by atoms with Gasteiger partial charge in [-0.05, 0) is 31.1 Å². The average Bonchev–Trinajstić information content (AvgIpc) is 2.86. The van der Waals surface area contributed by atoms with E-state index in [0.29, 0.717) is 18.4 Å². The van der Waals surface area contributed by atoms with E-state index in [0.717, 1.165) is 12.3 Å². The first-order valence-corrected chi connectivity index (χ1v) is 4.54. The predicted octanol–water partition coefficient (Wildman–Crippen LogP) is 0.782. The summed E-state index contributed by atoms with van der Waals surface area (Å²) >= 11 is 0. The monoisotopic (exact) mass is 163 g/mol. The third-order valence-corrected chi connectivity index (χ3v) is 2.77. The lowest BCUT2D eigenvalue weighted by Crippen LogP contribution is -2.25. The van der Waals surface area contributed by atoms with Crippen molar-refractivity contribution in [3.8, 4) is 12.3 Å². The van der Waals surface area contributed by atoms with Gasteiger partial charge in [0.25, 0.3) is 0 Å². The molecule has 2 atom stereocenters. The van der Waals surface area contributed by atoms with E-state index in [1.165, 1.54) is 12.8 Å². The summed E-state index contributed by atoms with van der Waals surface area (Å²) < 4.78 is 0. The van der Waals surface area contributed by atoms with Gasteiger partial charge in [-0.1, -0.05) is 5.92 Å². The zero-order valence-corrected chi connectivity index (χ0v) is 7.05. The quantitative estimate of drug-likeness (QED) is 0.612. The lowest BCUT2D eigenvalue weighted by molar-refractivity contribution is -0.122. The summed E-state index contributed by atoms with van der Waals surface area (Å²) in [5, 5.41) is 2.73. The van der Waals surface area contributed by atoms with Crippen LogP contribution in [-0.4, -0.2) is 12.5 Å². The molecule has 2 aliphatic rings. The van der Waals surface area contributed by atoms with E-state index in [2.05, 4.69) is 11.2 Å². The number of amides is 1. The smallest absolute Gasteiger partial charge is 0.224 e. The zero-order valence-electron chi connectivity index (χ0n) is 7.05. The van der Waals surface area contributed by atoms with Crippen LogP contribution in [0.1, 0.15) is 19.3 Å². The molecule has 64 valence electrons. The van der Waals surface area contributed by atoms with E-state index in [9.17, 15) is 4.79 Å². The highest BCUT2D eigenvalue weighted by Crippen LogP contribution is 2.54. The highest BCUT2D eigenvalue weighted by atomic mass is 16.2. The maximum atomic E-state index is 11.3. The molecule has 2 aliphatic carbocycles. The molecule has 0 aromatic rings. The van der Waals surface area contributed by atoms with Gasteiger partial charge in [0.15, 0.2) is 0 Å². The van der Waals surface area contributed by atoms with Crippen LogP contribution >= 0.6 is 0 Å². The summed E-state index contributed by atoms with van der Waals surface area (Å²) in [7, 11) is 0. The van der Waals surface area contributed by atoms with Crippen LogP contribution < -0.4 is 5.32 Å². The summed E-state index contributed by atoms with van der Waals surface area (Å²) in [4.78, 5) is 11.3. The van der Waals surface area contributed by atoms with E-state index in [1.807, 2.05) is 0 Å². The normalized spacial score (nSPS) is 32.2. The fraction of sp³-hybridized carbons (Fsp3) is 0.700. The molecular formula is C10H13NO. The van der Waals surface area contributed by atoms with Crippen LogP contribution in [-0.2, 0) is 4.79 Å². The summed E-state index contributed by atoms with van der Waals surface area (Å²) in [5.41, 5.74) is 0. The molecule has 0 saturated heterocycles. The van der Waals surface area contributed by atoms with Crippen molar-refractivity contribution in [1.82, 2.24) is 5.32 Å². The minimum absolute atomic E-state index is 0.171. The lowest BCUT2D eigenvalue weighted by Gasteiger charge is -1.98. The van der Waals surface area contributed by atoms with E-state index in [-0.39, 0.29) is 5.91 Å². The number of nitrogens with one attached hydrogen (secondary N) is 1. The maximum Gasteiger partial charge on any atom is 0.224 e. The molecular weight excluding hydrogens is 150 g/mol. The first-order valence-electron chi connectivity index (χ1n) is 4.54. The van der Waals surface area contributed by atoms with E-state index >= 15 is 0 Å². The molecule has 0 bridgehead atoms. The van der Waals surface area contributed by atoms with Crippen LogP contribution in [0.4, 0.5) is 0 Å². The van der Waals surface area contributed by atoms with Crippen molar-refractivity contribution < 1.29 is 4.79 Å². The number of hydrogen-bond donors (Lipinski definition) is 1. The molecule has 2 nitrogen and oxygen atoms in total. The largest absolute Gasteiger partial charge is 0.345 e. The molecule has 1 amide bonds. The molecule has 0 heterocycles. The Morgan fingerprint density at radius 1 is 1.58 bits per heavy atom. The Labute approximate surface area is 72.7 Å². The van der Waals surface area contributed by atoms with E-state index < -0.39 is 0 Å². The Hall–Kier alpha value is -0.970. The molecule has 0 spiro atoms. The Bertz CT molecular complexity index is 237. The van der Waals surface area contributed by atoms with Crippen molar-refractivity contribution in [1.29, 1.82) is 0 Å². The van der Waals surface area contributed by atoms with Gasteiger partial charge in [-0.25, -0.2) is 0 Å².